The molecule has 1 fully saturated rings. The molecule has 1 saturated heterocycles. The third kappa shape index (κ3) is 4.00. The van der Waals surface area contributed by atoms with Crippen LogP contribution in [0.5, 0.6) is 0 Å². The van der Waals surface area contributed by atoms with Crippen LogP contribution in [0.2, 0.25) is 0 Å². The SMILES string of the molecule is COC1CCN(Cc2ccc(Br)c([N+](=O)[O-])c2)C(CN)C1. The fraction of sp³-hybridized carbons (Fsp3) is 0.571. The summed E-state index contributed by atoms with van der Waals surface area (Å²) in [5.41, 5.74) is 6.88. The minimum absolute atomic E-state index is 0.101. The predicted molar refractivity (Wildman–Crippen MR) is 84.1 cm³/mol. The first-order valence-corrected chi connectivity index (χ1v) is 7.74. The highest BCUT2D eigenvalue weighted by Gasteiger charge is 2.27. The van der Waals surface area contributed by atoms with Crippen molar-refractivity contribution in [3.63, 3.8) is 0 Å². The molecule has 1 aliphatic rings. The average molecular weight is 358 g/mol. The van der Waals surface area contributed by atoms with Crippen LogP contribution in [-0.2, 0) is 11.3 Å². The molecule has 0 radical (unpaired) electrons. The predicted octanol–water partition coefficient (Wildman–Crippen LogP) is 2.30. The topological polar surface area (TPSA) is 81.6 Å². The van der Waals surface area contributed by atoms with Gasteiger partial charge in [0.05, 0.1) is 15.5 Å². The lowest BCUT2D eigenvalue weighted by molar-refractivity contribution is -0.385. The van der Waals surface area contributed by atoms with Gasteiger partial charge in [0.15, 0.2) is 0 Å². The van der Waals surface area contributed by atoms with Crippen LogP contribution in [0.4, 0.5) is 5.69 Å². The van der Waals surface area contributed by atoms with Crippen LogP contribution < -0.4 is 5.73 Å². The normalized spacial score (nSPS) is 23.2. The van der Waals surface area contributed by atoms with Crippen molar-refractivity contribution < 1.29 is 9.66 Å². The van der Waals surface area contributed by atoms with Crippen molar-refractivity contribution in [2.75, 3.05) is 20.2 Å². The van der Waals surface area contributed by atoms with Crippen LogP contribution in [0, 0.1) is 10.1 Å². The highest BCUT2D eigenvalue weighted by molar-refractivity contribution is 9.10. The number of piperidine rings is 1. The van der Waals surface area contributed by atoms with Crippen LogP contribution in [0.25, 0.3) is 0 Å². The second-order valence-corrected chi connectivity index (χ2v) is 6.14. The maximum Gasteiger partial charge on any atom is 0.283 e. The van der Waals surface area contributed by atoms with Crippen molar-refractivity contribution in [1.82, 2.24) is 4.90 Å². The second-order valence-electron chi connectivity index (χ2n) is 5.28. The Morgan fingerprint density at radius 2 is 2.33 bits per heavy atom. The number of hydrogen-bond acceptors (Lipinski definition) is 5. The number of nitrogens with zero attached hydrogens (tertiary/aromatic N) is 2. The maximum absolute atomic E-state index is 11.0. The second kappa shape index (κ2) is 7.31. The van der Waals surface area contributed by atoms with Gasteiger partial charge in [0.1, 0.15) is 0 Å². The van der Waals surface area contributed by atoms with Crippen LogP contribution in [0.3, 0.4) is 0 Å². The Kier molecular flexibility index (Phi) is 5.69. The summed E-state index contributed by atoms with van der Waals surface area (Å²) in [7, 11) is 1.73. The Balaban J connectivity index is 2.10. The van der Waals surface area contributed by atoms with E-state index in [-0.39, 0.29) is 22.8 Å². The summed E-state index contributed by atoms with van der Waals surface area (Å²) < 4.78 is 5.91. The van der Waals surface area contributed by atoms with Gasteiger partial charge in [-0.2, -0.15) is 0 Å². The maximum atomic E-state index is 11.0. The van der Waals surface area contributed by atoms with Gasteiger partial charge in [-0.25, -0.2) is 0 Å². The Labute approximate surface area is 132 Å². The van der Waals surface area contributed by atoms with Crippen molar-refractivity contribution in [3.8, 4) is 0 Å². The van der Waals surface area contributed by atoms with E-state index in [0.29, 0.717) is 17.6 Å². The van der Waals surface area contributed by atoms with Crippen molar-refractivity contribution in [2.45, 2.75) is 31.5 Å². The van der Waals surface area contributed by atoms with E-state index < -0.39 is 0 Å². The molecule has 0 amide bonds. The van der Waals surface area contributed by atoms with E-state index in [4.69, 9.17) is 10.5 Å². The molecule has 0 bridgehead atoms. The minimum atomic E-state index is -0.370. The number of ether oxygens (including phenoxy) is 1. The van der Waals surface area contributed by atoms with Gasteiger partial charge in [-0.05, 0) is 40.4 Å². The number of nitro groups is 1. The number of halogens is 1. The number of benzene rings is 1. The number of nitro benzene ring substituents is 1. The summed E-state index contributed by atoms with van der Waals surface area (Å²) >= 11 is 3.21. The molecule has 21 heavy (non-hydrogen) atoms. The van der Waals surface area contributed by atoms with E-state index in [2.05, 4.69) is 20.8 Å². The summed E-state index contributed by atoms with van der Waals surface area (Å²) in [6.07, 6.45) is 2.13. The largest absolute Gasteiger partial charge is 0.381 e. The van der Waals surface area contributed by atoms with Gasteiger partial charge >= 0.3 is 0 Å². The number of rotatable bonds is 5. The van der Waals surface area contributed by atoms with Gasteiger partial charge < -0.3 is 10.5 Å². The molecule has 1 heterocycles. The number of methoxy groups -OCH3 is 1. The number of hydrogen-bond donors (Lipinski definition) is 1. The molecule has 1 aromatic carbocycles. The van der Waals surface area contributed by atoms with Crippen molar-refractivity contribution >= 4 is 21.6 Å². The zero-order valence-electron chi connectivity index (χ0n) is 12.0. The molecule has 0 aromatic heterocycles. The molecule has 1 aromatic rings. The van der Waals surface area contributed by atoms with Gasteiger partial charge in [0, 0.05) is 38.9 Å². The zero-order chi connectivity index (χ0) is 15.4. The summed E-state index contributed by atoms with van der Waals surface area (Å²) in [6, 6.07) is 5.52. The Morgan fingerprint density at radius 3 is 2.95 bits per heavy atom. The molecule has 7 heteroatoms. The third-order valence-electron chi connectivity index (χ3n) is 3.99. The zero-order valence-corrected chi connectivity index (χ0v) is 13.6. The first-order valence-electron chi connectivity index (χ1n) is 6.95. The van der Waals surface area contributed by atoms with Gasteiger partial charge in [0.25, 0.3) is 5.69 Å². The lowest BCUT2D eigenvalue weighted by Gasteiger charge is -2.38. The van der Waals surface area contributed by atoms with Crippen LogP contribution in [-0.4, -0.2) is 42.2 Å². The van der Waals surface area contributed by atoms with Gasteiger partial charge in [-0.3, -0.25) is 15.0 Å². The minimum Gasteiger partial charge on any atom is -0.381 e. The molecule has 0 spiro atoms. The molecule has 2 rings (SSSR count). The van der Waals surface area contributed by atoms with E-state index in [9.17, 15) is 10.1 Å². The van der Waals surface area contributed by atoms with Crippen molar-refractivity contribution in [2.24, 2.45) is 5.73 Å². The summed E-state index contributed by atoms with van der Waals surface area (Å²) in [5.74, 6) is 0. The van der Waals surface area contributed by atoms with Crippen molar-refractivity contribution in [3.05, 3.63) is 38.3 Å². The molecule has 6 nitrogen and oxygen atoms in total. The Bertz CT molecular complexity index is 512. The molecule has 116 valence electrons. The van der Waals surface area contributed by atoms with E-state index in [1.165, 1.54) is 0 Å². The molecule has 2 atom stereocenters. The quantitative estimate of drug-likeness (QED) is 0.645. The lowest BCUT2D eigenvalue weighted by atomic mass is 9.98. The summed E-state index contributed by atoms with van der Waals surface area (Å²) in [5, 5.41) is 11.0. The third-order valence-corrected chi connectivity index (χ3v) is 4.66. The molecular weight excluding hydrogens is 338 g/mol. The number of nitrogens with two attached hydrogens (primary N) is 1. The molecule has 0 aliphatic carbocycles. The highest BCUT2D eigenvalue weighted by atomic mass is 79.9. The smallest absolute Gasteiger partial charge is 0.283 e. The van der Waals surface area contributed by atoms with E-state index in [0.717, 1.165) is 24.9 Å². The van der Waals surface area contributed by atoms with Gasteiger partial charge in [-0.15, -0.1) is 0 Å². The average Bonchev–Trinajstić information content (AvgIpc) is 2.49. The Hall–Kier alpha value is -1.02. The number of likely N-dealkylation sites (tertiary alicyclic amines) is 1. The molecule has 1 aliphatic heterocycles. The first-order chi connectivity index (χ1) is 10.0. The molecular formula is C14H20BrN3O3. The van der Waals surface area contributed by atoms with E-state index in [1.54, 1.807) is 19.2 Å². The van der Waals surface area contributed by atoms with E-state index >= 15 is 0 Å². The van der Waals surface area contributed by atoms with Crippen LogP contribution in [0.15, 0.2) is 22.7 Å². The van der Waals surface area contributed by atoms with Crippen molar-refractivity contribution in [1.29, 1.82) is 0 Å². The van der Waals surface area contributed by atoms with Crippen LogP contribution >= 0.6 is 15.9 Å². The van der Waals surface area contributed by atoms with E-state index in [1.807, 2.05) is 6.07 Å². The lowest BCUT2D eigenvalue weighted by Crippen LogP contribution is -2.47. The molecule has 2 N–H and O–H groups in total. The standard InChI is InChI=1S/C14H20BrN3O3/c1-21-12-4-5-17(11(7-12)8-16)9-10-2-3-13(15)14(6-10)18(19)20/h2-3,6,11-12H,4-5,7-9,16H2,1H3. The summed E-state index contributed by atoms with van der Waals surface area (Å²) in [6.45, 7) is 2.13. The Morgan fingerprint density at radius 1 is 1.57 bits per heavy atom. The fourth-order valence-corrected chi connectivity index (χ4v) is 3.15. The molecule has 0 saturated carbocycles. The summed E-state index contributed by atoms with van der Waals surface area (Å²) in [4.78, 5) is 12.9. The van der Waals surface area contributed by atoms with Gasteiger partial charge in [0.2, 0.25) is 0 Å². The monoisotopic (exact) mass is 357 g/mol. The van der Waals surface area contributed by atoms with Crippen LogP contribution in [0.1, 0.15) is 18.4 Å². The van der Waals surface area contributed by atoms with Gasteiger partial charge in [-0.1, -0.05) is 6.07 Å². The molecule has 2 unspecified atom stereocenters. The first kappa shape index (κ1) is 16.4. The highest BCUT2D eigenvalue weighted by Crippen LogP contribution is 2.27. The fourth-order valence-electron chi connectivity index (χ4n) is 2.76.